The molecule has 4 aliphatic carbocycles. The second-order valence-corrected chi connectivity index (χ2v) is 11.5. The first-order valence-corrected chi connectivity index (χ1v) is 12.6. The van der Waals surface area contributed by atoms with Gasteiger partial charge in [0.05, 0.1) is 6.10 Å². The number of hydrogen-bond donors (Lipinski definition) is 1. The number of fused-ring (bicyclic) bond motifs is 5. The van der Waals surface area contributed by atoms with Crippen LogP contribution in [0.1, 0.15) is 92.4 Å². The van der Waals surface area contributed by atoms with Crippen molar-refractivity contribution in [3.63, 3.8) is 0 Å². The van der Waals surface area contributed by atoms with Crippen LogP contribution in [0.25, 0.3) is 0 Å². The van der Waals surface area contributed by atoms with Crippen molar-refractivity contribution < 1.29 is 29.0 Å². The fraction of sp³-hybridized carbons (Fsp3) is 0.885. The van der Waals surface area contributed by atoms with Crippen molar-refractivity contribution in [2.75, 3.05) is 0 Å². The number of esters is 2. The van der Waals surface area contributed by atoms with Crippen LogP contribution in [-0.4, -0.2) is 40.6 Å². The van der Waals surface area contributed by atoms with E-state index in [4.69, 9.17) is 9.47 Å². The van der Waals surface area contributed by atoms with Crippen molar-refractivity contribution in [3.8, 4) is 0 Å². The van der Waals surface area contributed by atoms with E-state index in [2.05, 4.69) is 13.8 Å². The molecule has 0 saturated heterocycles. The highest BCUT2D eigenvalue weighted by atomic mass is 16.6. The number of hydrogen-bond acceptors (Lipinski definition) is 6. The number of carbonyl (C=O) groups is 3. The molecule has 32 heavy (non-hydrogen) atoms. The van der Waals surface area contributed by atoms with E-state index in [-0.39, 0.29) is 41.2 Å². The zero-order valence-electron chi connectivity index (χ0n) is 20.3. The third kappa shape index (κ3) is 3.35. The molecule has 0 bridgehead atoms. The molecule has 0 radical (unpaired) electrons. The van der Waals surface area contributed by atoms with E-state index < -0.39 is 17.0 Å². The normalized spacial score (nSPS) is 47.6. The Morgan fingerprint density at radius 3 is 2.34 bits per heavy atom. The van der Waals surface area contributed by atoms with Gasteiger partial charge in [-0.2, -0.15) is 0 Å². The molecule has 0 aromatic carbocycles. The summed E-state index contributed by atoms with van der Waals surface area (Å²) in [5, 5.41) is 10.3. The minimum Gasteiger partial charge on any atom is -0.462 e. The first kappa shape index (κ1) is 23.7. The van der Waals surface area contributed by atoms with Crippen molar-refractivity contribution in [2.24, 2.45) is 34.5 Å². The van der Waals surface area contributed by atoms with Gasteiger partial charge in [-0.3, -0.25) is 14.4 Å². The summed E-state index contributed by atoms with van der Waals surface area (Å²) < 4.78 is 12.0. The summed E-state index contributed by atoms with van der Waals surface area (Å²) >= 11 is 0. The van der Waals surface area contributed by atoms with Gasteiger partial charge >= 0.3 is 11.9 Å². The Bertz CT molecular complexity index is 793. The third-order valence-electron chi connectivity index (χ3n) is 10.1. The average Bonchev–Trinajstić information content (AvgIpc) is 2.99. The summed E-state index contributed by atoms with van der Waals surface area (Å²) in [5.74, 6) is 0.466. The molecule has 4 rings (SSSR count). The molecule has 0 spiro atoms. The van der Waals surface area contributed by atoms with E-state index in [1.807, 2.05) is 6.92 Å². The van der Waals surface area contributed by atoms with Gasteiger partial charge in [-0.1, -0.05) is 20.8 Å². The fourth-order valence-electron chi connectivity index (χ4n) is 8.85. The van der Waals surface area contributed by atoms with Crippen LogP contribution in [-0.2, 0) is 23.9 Å². The minimum atomic E-state index is -1.14. The van der Waals surface area contributed by atoms with Gasteiger partial charge in [-0.15, -0.1) is 0 Å². The molecule has 4 fully saturated rings. The molecular formula is C26H40O6. The van der Waals surface area contributed by atoms with Gasteiger partial charge in [0, 0.05) is 31.6 Å². The smallest absolute Gasteiger partial charge is 0.303 e. The second kappa shape index (κ2) is 8.11. The number of ether oxygens (including phenoxy) is 2. The first-order valence-electron chi connectivity index (χ1n) is 12.6. The maximum Gasteiger partial charge on any atom is 0.303 e. The number of Topliss-reactive ketones (excluding diaryl/α,β-unsaturated/α-hetero) is 1. The van der Waals surface area contributed by atoms with Gasteiger partial charge in [0.1, 0.15) is 6.10 Å². The van der Waals surface area contributed by atoms with Crippen LogP contribution < -0.4 is 0 Å². The van der Waals surface area contributed by atoms with Crippen LogP contribution in [0.2, 0.25) is 0 Å². The number of rotatable bonds is 4. The second-order valence-electron chi connectivity index (χ2n) is 11.5. The van der Waals surface area contributed by atoms with Crippen LogP contribution in [0.4, 0.5) is 0 Å². The monoisotopic (exact) mass is 448 g/mol. The number of aliphatic hydroxyl groups excluding tert-OH is 1. The van der Waals surface area contributed by atoms with Gasteiger partial charge in [-0.05, 0) is 74.5 Å². The Hall–Kier alpha value is -1.43. The van der Waals surface area contributed by atoms with E-state index in [9.17, 15) is 19.5 Å². The molecule has 0 aromatic heterocycles. The average molecular weight is 449 g/mol. The zero-order valence-corrected chi connectivity index (χ0v) is 20.3. The van der Waals surface area contributed by atoms with Crippen LogP contribution in [0, 0.1) is 34.5 Å². The van der Waals surface area contributed by atoms with Crippen molar-refractivity contribution in [2.45, 2.75) is 110 Å². The number of ketones is 1. The Balaban J connectivity index is 1.78. The highest BCUT2D eigenvalue weighted by Crippen LogP contribution is 2.69. The fourth-order valence-corrected chi connectivity index (χ4v) is 8.85. The van der Waals surface area contributed by atoms with E-state index in [0.29, 0.717) is 31.1 Å². The van der Waals surface area contributed by atoms with Gasteiger partial charge in [-0.25, -0.2) is 0 Å². The molecule has 4 saturated carbocycles. The largest absolute Gasteiger partial charge is 0.462 e. The van der Waals surface area contributed by atoms with Gasteiger partial charge in [0.15, 0.2) is 11.4 Å². The first-order chi connectivity index (χ1) is 15.0. The van der Waals surface area contributed by atoms with Crippen LogP contribution >= 0.6 is 0 Å². The summed E-state index contributed by atoms with van der Waals surface area (Å²) in [6.45, 7) is 9.12. The van der Waals surface area contributed by atoms with Crippen molar-refractivity contribution >= 4 is 17.7 Å². The van der Waals surface area contributed by atoms with Crippen LogP contribution in [0.5, 0.6) is 0 Å². The Labute approximate surface area is 191 Å². The number of aliphatic hydroxyl groups is 1. The summed E-state index contributed by atoms with van der Waals surface area (Å²) in [6.07, 6.45) is 6.32. The van der Waals surface area contributed by atoms with Crippen molar-refractivity contribution in [3.05, 3.63) is 0 Å². The lowest BCUT2D eigenvalue weighted by atomic mass is 9.43. The summed E-state index contributed by atoms with van der Waals surface area (Å²) in [4.78, 5) is 37.7. The minimum absolute atomic E-state index is 0.00500. The van der Waals surface area contributed by atoms with Crippen LogP contribution in [0.15, 0.2) is 0 Å². The molecule has 6 nitrogen and oxygen atoms in total. The molecule has 0 aliphatic heterocycles. The van der Waals surface area contributed by atoms with E-state index in [1.165, 1.54) is 13.8 Å². The quantitative estimate of drug-likeness (QED) is 0.648. The molecule has 0 amide bonds. The molecule has 180 valence electrons. The lowest BCUT2D eigenvalue weighted by Crippen LogP contribution is -2.64. The highest BCUT2D eigenvalue weighted by molar-refractivity contribution is 5.90. The Morgan fingerprint density at radius 1 is 1.00 bits per heavy atom. The zero-order chi connectivity index (χ0) is 23.5. The summed E-state index contributed by atoms with van der Waals surface area (Å²) in [7, 11) is 0. The summed E-state index contributed by atoms with van der Waals surface area (Å²) in [5.41, 5.74) is -1.68. The molecule has 0 unspecified atom stereocenters. The lowest BCUT2D eigenvalue weighted by Gasteiger charge is -2.63. The van der Waals surface area contributed by atoms with Crippen molar-refractivity contribution in [1.29, 1.82) is 0 Å². The van der Waals surface area contributed by atoms with E-state index >= 15 is 0 Å². The van der Waals surface area contributed by atoms with Gasteiger partial charge in [0.25, 0.3) is 0 Å². The topological polar surface area (TPSA) is 89.9 Å². The molecular weight excluding hydrogens is 408 g/mol. The van der Waals surface area contributed by atoms with E-state index in [1.54, 1.807) is 0 Å². The lowest BCUT2D eigenvalue weighted by molar-refractivity contribution is -0.220. The molecule has 0 heterocycles. The van der Waals surface area contributed by atoms with Crippen molar-refractivity contribution in [1.82, 2.24) is 0 Å². The molecule has 0 aromatic rings. The Kier molecular flexibility index (Phi) is 6.01. The molecule has 6 heteroatoms. The van der Waals surface area contributed by atoms with E-state index in [0.717, 1.165) is 38.5 Å². The maximum atomic E-state index is 13.3. The summed E-state index contributed by atoms with van der Waals surface area (Å²) in [6, 6.07) is 0. The van der Waals surface area contributed by atoms with Crippen LogP contribution in [0.3, 0.4) is 0 Å². The molecule has 4 aliphatic rings. The maximum absolute atomic E-state index is 13.3. The van der Waals surface area contributed by atoms with Gasteiger partial charge < -0.3 is 14.6 Å². The predicted octanol–water partition coefficient (Wildman–Crippen LogP) is 4.21. The Morgan fingerprint density at radius 2 is 1.72 bits per heavy atom. The highest BCUT2D eigenvalue weighted by Gasteiger charge is 2.71. The predicted molar refractivity (Wildman–Crippen MR) is 118 cm³/mol. The SMILES string of the molecule is CCC(=O)[C@@]1(OC(C)=O)CC[C@H]2[C@@H]3CC[C@H]4C[C@@H](O)CC[C@]4(C)[C@H]3[C@@H](OC(C)=O)C[C@@]21C. The molecule has 1 N–H and O–H groups in total. The third-order valence-corrected chi connectivity index (χ3v) is 10.1. The van der Waals surface area contributed by atoms with Gasteiger partial charge in [0.2, 0.25) is 0 Å². The standard InChI is InChI=1S/C26H40O6/c1-6-22(30)26(32-16(3)28)12-10-20-19-8-7-17-13-18(29)9-11-24(17,4)23(19)21(31-15(2)27)14-25(20,26)5/h17-21,23,29H,6-14H2,1-5H3/t17-,18-,19-,20-,21-,23+,24-,25-,26-/m0/s1. The number of carbonyl (C=O) groups excluding carboxylic acids is 3. The molecule has 9 atom stereocenters.